The van der Waals surface area contributed by atoms with Gasteiger partial charge in [0.05, 0.1) is 0 Å². The molecule has 1 aromatic carbocycles. The van der Waals surface area contributed by atoms with E-state index in [1.54, 1.807) is 0 Å². The Morgan fingerprint density at radius 1 is 1.30 bits per heavy atom. The first-order valence-electron chi connectivity index (χ1n) is 7.23. The van der Waals surface area contributed by atoms with Crippen LogP contribution in [0.4, 0.5) is 0 Å². The molecule has 0 spiro atoms. The number of aromatic nitrogens is 2. The van der Waals surface area contributed by atoms with Gasteiger partial charge in [-0.1, -0.05) is 37.3 Å². The molecular formula is C16H24N4. The molecule has 2 atom stereocenters. The van der Waals surface area contributed by atoms with Crippen molar-refractivity contribution in [3.05, 3.63) is 54.1 Å². The van der Waals surface area contributed by atoms with Crippen molar-refractivity contribution >= 4 is 0 Å². The minimum Gasteiger partial charge on any atom is -0.338 e. The molecule has 1 heterocycles. The molecule has 0 aliphatic heterocycles. The van der Waals surface area contributed by atoms with E-state index in [2.05, 4.69) is 52.2 Å². The predicted octanol–water partition coefficient (Wildman–Crippen LogP) is 2.38. The van der Waals surface area contributed by atoms with Gasteiger partial charge in [-0.3, -0.25) is 11.3 Å². The fourth-order valence-corrected chi connectivity index (χ4v) is 2.78. The van der Waals surface area contributed by atoms with E-state index >= 15 is 0 Å². The van der Waals surface area contributed by atoms with Crippen molar-refractivity contribution in [2.75, 3.05) is 0 Å². The van der Waals surface area contributed by atoms with E-state index < -0.39 is 0 Å². The van der Waals surface area contributed by atoms with Crippen LogP contribution in [-0.2, 0) is 13.5 Å². The lowest BCUT2D eigenvalue weighted by molar-refractivity contribution is 0.402. The van der Waals surface area contributed by atoms with Gasteiger partial charge in [0.1, 0.15) is 5.82 Å². The van der Waals surface area contributed by atoms with Crippen LogP contribution in [0, 0.1) is 0 Å². The van der Waals surface area contributed by atoms with Crippen molar-refractivity contribution in [3.63, 3.8) is 0 Å². The van der Waals surface area contributed by atoms with Crippen LogP contribution in [0.2, 0.25) is 0 Å². The molecule has 0 saturated heterocycles. The number of aryl methyl sites for hydroxylation is 2. The monoisotopic (exact) mass is 272 g/mol. The van der Waals surface area contributed by atoms with Crippen LogP contribution in [0.15, 0.2) is 42.7 Å². The first kappa shape index (κ1) is 14.8. The summed E-state index contributed by atoms with van der Waals surface area (Å²) in [6.45, 7) is 2.21. The lowest BCUT2D eigenvalue weighted by Crippen LogP contribution is -2.40. The van der Waals surface area contributed by atoms with E-state index in [-0.39, 0.29) is 6.04 Å². The molecule has 0 bridgehead atoms. The Kier molecular flexibility index (Phi) is 5.32. The topological polar surface area (TPSA) is 55.9 Å². The molecule has 2 rings (SSSR count). The Morgan fingerprint density at radius 2 is 2.05 bits per heavy atom. The van der Waals surface area contributed by atoms with Gasteiger partial charge in [0.15, 0.2) is 0 Å². The largest absolute Gasteiger partial charge is 0.338 e. The number of nitrogens with two attached hydrogens (primary N) is 1. The number of rotatable bonds is 7. The highest BCUT2D eigenvalue weighted by molar-refractivity contribution is 5.21. The van der Waals surface area contributed by atoms with Crippen molar-refractivity contribution in [3.8, 4) is 0 Å². The summed E-state index contributed by atoms with van der Waals surface area (Å²) in [5, 5.41) is 0. The SMILES string of the molecule is CCC(c1ccccc1)C(CCc1nccn1C)NN. The normalized spacial score (nSPS) is 14.2. The molecule has 0 fully saturated rings. The van der Waals surface area contributed by atoms with Crippen LogP contribution in [0.25, 0.3) is 0 Å². The minimum absolute atomic E-state index is 0.263. The Labute approximate surface area is 121 Å². The molecule has 1 aromatic heterocycles. The molecule has 4 heteroatoms. The van der Waals surface area contributed by atoms with Crippen molar-refractivity contribution in [2.45, 2.75) is 38.1 Å². The number of benzene rings is 1. The number of nitrogens with one attached hydrogen (secondary N) is 1. The highest BCUT2D eigenvalue weighted by atomic mass is 15.2. The standard InChI is InChI=1S/C16H24N4/c1-3-14(13-7-5-4-6-8-13)15(19-17)9-10-16-18-11-12-20(16)2/h4-8,11-12,14-15,19H,3,9-10,17H2,1-2H3. The van der Waals surface area contributed by atoms with E-state index in [0.29, 0.717) is 5.92 Å². The Hall–Kier alpha value is -1.65. The smallest absolute Gasteiger partial charge is 0.108 e. The highest BCUT2D eigenvalue weighted by Gasteiger charge is 2.20. The Bertz CT molecular complexity index is 506. The van der Waals surface area contributed by atoms with Gasteiger partial charge in [-0.05, 0) is 18.4 Å². The summed E-state index contributed by atoms with van der Waals surface area (Å²) in [6, 6.07) is 10.8. The first-order valence-corrected chi connectivity index (χ1v) is 7.23. The van der Waals surface area contributed by atoms with Gasteiger partial charge < -0.3 is 4.57 Å². The van der Waals surface area contributed by atoms with Gasteiger partial charge in [0.2, 0.25) is 0 Å². The zero-order valence-electron chi connectivity index (χ0n) is 12.3. The second-order valence-corrected chi connectivity index (χ2v) is 5.19. The molecule has 20 heavy (non-hydrogen) atoms. The van der Waals surface area contributed by atoms with E-state index in [0.717, 1.165) is 25.1 Å². The van der Waals surface area contributed by atoms with E-state index in [1.807, 2.05) is 19.4 Å². The third-order valence-electron chi connectivity index (χ3n) is 3.97. The quantitative estimate of drug-likeness (QED) is 0.601. The lowest BCUT2D eigenvalue weighted by atomic mass is 9.87. The summed E-state index contributed by atoms with van der Waals surface area (Å²) in [4.78, 5) is 4.37. The molecule has 2 aromatic rings. The van der Waals surface area contributed by atoms with Gasteiger partial charge in [-0.15, -0.1) is 0 Å². The molecule has 0 aliphatic carbocycles. The maximum atomic E-state index is 5.79. The van der Waals surface area contributed by atoms with Crippen LogP contribution < -0.4 is 11.3 Å². The molecule has 0 aliphatic rings. The van der Waals surface area contributed by atoms with E-state index in [9.17, 15) is 0 Å². The van der Waals surface area contributed by atoms with Crippen molar-refractivity contribution in [2.24, 2.45) is 12.9 Å². The Balaban J connectivity index is 2.04. The average molecular weight is 272 g/mol. The molecule has 0 saturated carbocycles. The van der Waals surface area contributed by atoms with E-state index in [4.69, 9.17) is 5.84 Å². The minimum atomic E-state index is 0.263. The summed E-state index contributed by atoms with van der Waals surface area (Å²) >= 11 is 0. The number of hydrogen-bond acceptors (Lipinski definition) is 3. The van der Waals surface area contributed by atoms with Crippen LogP contribution in [0.5, 0.6) is 0 Å². The Morgan fingerprint density at radius 3 is 2.60 bits per heavy atom. The summed E-state index contributed by atoms with van der Waals surface area (Å²) < 4.78 is 2.07. The molecule has 2 unspecified atom stereocenters. The van der Waals surface area contributed by atoms with Crippen molar-refractivity contribution < 1.29 is 0 Å². The molecule has 3 N–H and O–H groups in total. The third-order valence-corrected chi connectivity index (χ3v) is 3.97. The number of hydrogen-bond donors (Lipinski definition) is 2. The third kappa shape index (κ3) is 3.46. The van der Waals surface area contributed by atoms with Crippen molar-refractivity contribution in [1.82, 2.24) is 15.0 Å². The average Bonchev–Trinajstić information content (AvgIpc) is 2.90. The van der Waals surface area contributed by atoms with Gasteiger partial charge in [0.25, 0.3) is 0 Å². The van der Waals surface area contributed by atoms with Gasteiger partial charge >= 0.3 is 0 Å². The van der Waals surface area contributed by atoms with Gasteiger partial charge in [0, 0.05) is 37.8 Å². The number of imidazole rings is 1. The van der Waals surface area contributed by atoms with Crippen LogP contribution in [0.3, 0.4) is 0 Å². The molecule has 0 amide bonds. The van der Waals surface area contributed by atoms with Crippen LogP contribution in [-0.4, -0.2) is 15.6 Å². The van der Waals surface area contributed by atoms with Gasteiger partial charge in [-0.25, -0.2) is 4.98 Å². The van der Waals surface area contributed by atoms with Gasteiger partial charge in [-0.2, -0.15) is 0 Å². The summed E-state index contributed by atoms with van der Waals surface area (Å²) in [7, 11) is 2.03. The second-order valence-electron chi connectivity index (χ2n) is 5.19. The van der Waals surface area contributed by atoms with Crippen LogP contribution in [0.1, 0.15) is 37.1 Å². The second kappa shape index (κ2) is 7.22. The highest BCUT2D eigenvalue weighted by Crippen LogP contribution is 2.25. The summed E-state index contributed by atoms with van der Waals surface area (Å²) in [6.07, 6.45) is 6.80. The fourth-order valence-electron chi connectivity index (χ4n) is 2.78. The predicted molar refractivity (Wildman–Crippen MR) is 82.1 cm³/mol. The summed E-state index contributed by atoms with van der Waals surface area (Å²) in [5.41, 5.74) is 4.34. The molecule has 0 radical (unpaired) electrons. The first-order chi connectivity index (χ1) is 9.76. The number of hydrazine groups is 1. The zero-order valence-corrected chi connectivity index (χ0v) is 12.3. The van der Waals surface area contributed by atoms with E-state index in [1.165, 1.54) is 5.56 Å². The molecule has 4 nitrogen and oxygen atoms in total. The molecular weight excluding hydrogens is 248 g/mol. The number of nitrogens with zero attached hydrogens (tertiary/aromatic N) is 2. The summed E-state index contributed by atoms with van der Waals surface area (Å²) in [5.74, 6) is 7.32. The fraction of sp³-hybridized carbons (Fsp3) is 0.438. The molecule has 108 valence electrons. The van der Waals surface area contributed by atoms with Crippen LogP contribution >= 0.6 is 0 Å². The van der Waals surface area contributed by atoms with Crippen molar-refractivity contribution in [1.29, 1.82) is 0 Å². The maximum absolute atomic E-state index is 5.79. The zero-order chi connectivity index (χ0) is 14.4. The lowest BCUT2D eigenvalue weighted by Gasteiger charge is -2.26. The maximum Gasteiger partial charge on any atom is 0.108 e.